The van der Waals surface area contributed by atoms with Gasteiger partial charge in [-0.2, -0.15) is 0 Å². The molecule has 3 heteroatoms. The van der Waals surface area contributed by atoms with Crippen LogP contribution in [0, 0.1) is 5.41 Å². The number of aliphatic imine (C=N–C) groups is 1. The maximum Gasteiger partial charge on any atom is 0.193 e. The third-order valence-corrected chi connectivity index (χ3v) is 3.83. The van der Waals surface area contributed by atoms with Gasteiger partial charge in [0.2, 0.25) is 0 Å². The lowest BCUT2D eigenvalue weighted by Gasteiger charge is -2.40. The molecule has 0 amide bonds. The van der Waals surface area contributed by atoms with Crippen molar-refractivity contribution in [2.24, 2.45) is 16.1 Å². The average molecular weight is 245 g/mol. The summed E-state index contributed by atoms with van der Waals surface area (Å²) in [5.41, 5.74) is 7.37. The highest BCUT2D eigenvalue weighted by molar-refractivity contribution is 5.92. The van der Waals surface area contributed by atoms with Crippen molar-refractivity contribution in [1.29, 1.82) is 0 Å². The number of nitrogens with one attached hydrogen (secondary N) is 1. The zero-order chi connectivity index (χ0) is 12.8. The molecule has 1 aliphatic carbocycles. The van der Waals surface area contributed by atoms with E-state index in [9.17, 15) is 0 Å². The molecule has 2 rings (SSSR count). The molecule has 3 N–H and O–H groups in total. The molecule has 0 bridgehead atoms. The maximum absolute atomic E-state index is 5.93. The van der Waals surface area contributed by atoms with Crippen molar-refractivity contribution >= 4 is 11.6 Å². The second-order valence-corrected chi connectivity index (χ2v) is 5.30. The van der Waals surface area contributed by atoms with Crippen LogP contribution in [-0.4, -0.2) is 12.5 Å². The fraction of sp³-hybridized carbons (Fsp3) is 0.533. The molecule has 0 radical (unpaired) electrons. The first-order valence-corrected chi connectivity index (χ1v) is 6.86. The Hall–Kier alpha value is -1.51. The van der Waals surface area contributed by atoms with E-state index in [1.165, 1.54) is 32.1 Å². The second-order valence-electron chi connectivity index (χ2n) is 5.30. The summed E-state index contributed by atoms with van der Waals surface area (Å²) in [6.45, 7) is 3.11. The molecule has 0 aliphatic heterocycles. The zero-order valence-corrected chi connectivity index (χ0v) is 11.2. The standard InChI is InChI=1S/C15H23N3/c1-2-9-15(10-6-11-15)12-17-14(16)18-13-7-4-3-5-8-13/h3-5,7-8H,2,6,9-12H2,1H3,(H3,16,17,18). The predicted octanol–water partition coefficient (Wildman–Crippen LogP) is 3.38. The zero-order valence-electron chi connectivity index (χ0n) is 11.2. The Labute approximate surface area is 109 Å². The van der Waals surface area contributed by atoms with E-state index in [1.807, 2.05) is 30.3 Å². The Kier molecular flexibility index (Phi) is 4.24. The van der Waals surface area contributed by atoms with Gasteiger partial charge in [0.25, 0.3) is 0 Å². The first-order chi connectivity index (χ1) is 8.74. The van der Waals surface area contributed by atoms with Crippen LogP contribution in [0.4, 0.5) is 5.69 Å². The predicted molar refractivity (Wildman–Crippen MR) is 77.7 cm³/mol. The molecule has 3 nitrogen and oxygen atoms in total. The Morgan fingerprint density at radius 3 is 2.61 bits per heavy atom. The minimum Gasteiger partial charge on any atom is -0.370 e. The number of guanidine groups is 1. The van der Waals surface area contributed by atoms with Gasteiger partial charge in [-0.25, -0.2) is 0 Å². The fourth-order valence-corrected chi connectivity index (χ4v) is 2.66. The van der Waals surface area contributed by atoms with Crippen LogP contribution in [-0.2, 0) is 0 Å². The molecule has 0 saturated heterocycles. The summed E-state index contributed by atoms with van der Waals surface area (Å²) in [6, 6.07) is 9.95. The van der Waals surface area contributed by atoms with Crippen molar-refractivity contribution < 1.29 is 0 Å². The van der Waals surface area contributed by atoms with Gasteiger partial charge in [-0.05, 0) is 36.8 Å². The largest absolute Gasteiger partial charge is 0.370 e. The van der Waals surface area contributed by atoms with Crippen molar-refractivity contribution in [2.75, 3.05) is 11.9 Å². The molecule has 1 fully saturated rings. The number of hydrogen-bond acceptors (Lipinski definition) is 1. The van der Waals surface area contributed by atoms with Crippen LogP contribution in [0.25, 0.3) is 0 Å². The van der Waals surface area contributed by atoms with Gasteiger partial charge >= 0.3 is 0 Å². The van der Waals surface area contributed by atoms with Gasteiger partial charge in [-0.3, -0.25) is 4.99 Å². The van der Waals surface area contributed by atoms with Crippen LogP contribution in [0.5, 0.6) is 0 Å². The molecule has 0 aromatic heterocycles. The van der Waals surface area contributed by atoms with Gasteiger partial charge in [0, 0.05) is 12.2 Å². The van der Waals surface area contributed by atoms with Crippen molar-refractivity contribution in [3.05, 3.63) is 30.3 Å². The first kappa shape index (κ1) is 12.9. The topological polar surface area (TPSA) is 50.4 Å². The Morgan fingerprint density at radius 1 is 1.33 bits per heavy atom. The number of nitrogens with two attached hydrogens (primary N) is 1. The van der Waals surface area contributed by atoms with E-state index < -0.39 is 0 Å². The van der Waals surface area contributed by atoms with Crippen LogP contribution >= 0.6 is 0 Å². The molecule has 98 valence electrons. The van der Waals surface area contributed by atoms with E-state index in [1.54, 1.807) is 0 Å². The SMILES string of the molecule is CCCC1(CN=C(N)Nc2ccccc2)CCC1. The number of rotatable bonds is 5. The van der Waals surface area contributed by atoms with E-state index >= 15 is 0 Å². The molecular weight excluding hydrogens is 222 g/mol. The molecule has 0 atom stereocenters. The van der Waals surface area contributed by atoms with Crippen LogP contribution in [0.2, 0.25) is 0 Å². The minimum atomic E-state index is 0.442. The van der Waals surface area contributed by atoms with Crippen molar-refractivity contribution in [3.63, 3.8) is 0 Å². The highest BCUT2D eigenvalue weighted by Gasteiger charge is 2.35. The number of anilines is 1. The third kappa shape index (κ3) is 3.25. The minimum absolute atomic E-state index is 0.442. The van der Waals surface area contributed by atoms with Crippen molar-refractivity contribution in [1.82, 2.24) is 0 Å². The summed E-state index contributed by atoms with van der Waals surface area (Å²) < 4.78 is 0. The quantitative estimate of drug-likeness (QED) is 0.617. The highest BCUT2D eigenvalue weighted by Crippen LogP contribution is 2.44. The number of hydrogen-bond donors (Lipinski definition) is 2. The molecule has 1 aliphatic rings. The van der Waals surface area contributed by atoms with E-state index in [2.05, 4.69) is 17.2 Å². The monoisotopic (exact) mass is 245 g/mol. The van der Waals surface area contributed by atoms with E-state index in [0.29, 0.717) is 11.4 Å². The molecule has 1 saturated carbocycles. The molecule has 0 spiro atoms. The molecule has 1 aromatic carbocycles. The number of para-hydroxylation sites is 1. The van der Waals surface area contributed by atoms with Crippen LogP contribution in [0.1, 0.15) is 39.0 Å². The van der Waals surface area contributed by atoms with Gasteiger partial charge in [0.05, 0.1) is 0 Å². The Morgan fingerprint density at radius 2 is 2.06 bits per heavy atom. The summed E-state index contributed by atoms with van der Waals surface area (Å²) in [5.74, 6) is 0.531. The van der Waals surface area contributed by atoms with Crippen LogP contribution in [0.3, 0.4) is 0 Å². The Bertz CT molecular complexity index is 393. The lowest BCUT2D eigenvalue weighted by molar-refractivity contribution is 0.130. The number of nitrogens with zero attached hydrogens (tertiary/aromatic N) is 1. The lowest BCUT2D eigenvalue weighted by atomic mass is 9.66. The maximum atomic E-state index is 5.93. The molecule has 18 heavy (non-hydrogen) atoms. The van der Waals surface area contributed by atoms with Gasteiger partial charge in [-0.15, -0.1) is 0 Å². The molecular formula is C15H23N3. The van der Waals surface area contributed by atoms with E-state index in [4.69, 9.17) is 5.73 Å². The van der Waals surface area contributed by atoms with E-state index in [-0.39, 0.29) is 0 Å². The lowest BCUT2D eigenvalue weighted by Crippen LogP contribution is -2.34. The summed E-state index contributed by atoms with van der Waals surface area (Å²) in [5, 5.41) is 3.13. The fourth-order valence-electron chi connectivity index (χ4n) is 2.66. The van der Waals surface area contributed by atoms with Crippen LogP contribution < -0.4 is 11.1 Å². The molecule has 0 unspecified atom stereocenters. The van der Waals surface area contributed by atoms with Crippen LogP contribution in [0.15, 0.2) is 35.3 Å². The average Bonchev–Trinajstić information content (AvgIpc) is 2.34. The first-order valence-electron chi connectivity index (χ1n) is 6.86. The van der Waals surface area contributed by atoms with Gasteiger partial charge in [-0.1, -0.05) is 38.0 Å². The molecule has 1 aromatic rings. The number of benzene rings is 1. The normalized spacial score (nSPS) is 18.2. The summed E-state index contributed by atoms with van der Waals surface area (Å²) in [7, 11) is 0. The summed E-state index contributed by atoms with van der Waals surface area (Å²) in [4.78, 5) is 4.52. The second kappa shape index (κ2) is 5.89. The Balaban J connectivity index is 1.89. The summed E-state index contributed by atoms with van der Waals surface area (Å²) in [6.07, 6.45) is 6.48. The van der Waals surface area contributed by atoms with Gasteiger partial charge in [0.15, 0.2) is 5.96 Å². The highest BCUT2D eigenvalue weighted by atomic mass is 15.1. The summed E-state index contributed by atoms with van der Waals surface area (Å²) >= 11 is 0. The molecule has 0 heterocycles. The third-order valence-electron chi connectivity index (χ3n) is 3.83. The van der Waals surface area contributed by atoms with E-state index in [0.717, 1.165) is 12.2 Å². The smallest absolute Gasteiger partial charge is 0.193 e. The van der Waals surface area contributed by atoms with Crippen molar-refractivity contribution in [3.8, 4) is 0 Å². The van der Waals surface area contributed by atoms with Gasteiger partial charge < -0.3 is 11.1 Å². The van der Waals surface area contributed by atoms with Gasteiger partial charge in [0.1, 0.15) is 0 Å². The van der Waals surface area contributed by atoms with Crippen molar-refractivity contribution in [2.45, 2.75) is 39.0 Å².